The van der Waals surface area contributed by atoms with Crippen molar-refractivity contribution in [3.05, 3.63) is 65.8 Å². The molecule has 34 heavy (non-hydrogen) atoms. The van der Waals surface area contributed by atoms with Crippen molar-refractivity contribution in [2.75, 3.05) is 36.4 Å². The van der Waals surface area contributed by atoms with Crippen LogP contribution in [0.2, 0.25) is 0 Å². The Balaban J connectivity index is 1.40. The number of ether oxygens (including phenoxy) is 1. The highest BCUT2D eigenvalue weighted by Gasteiger charge is 2.19. The van der Waals surface area contributed by atoms with Gasteiger partial charge in [0.15, 0.2) is 11.6 Å². The largest absolute Gasteiger partial charge is 0.446 e. The second-order valence-corrected chi connectivity index (χ2v) is 8.01. The van der Waals surface area contributed by atoms with Gasteiger partial charge in [0.2, 0.25) is 5.88 Å². The van der Waals surface area contributed by atoms with Crippen molar-refractivity contribution < 1.29 is 9.13 Å². The van der Waals surface area contributed by atoms with Crippen LogP contribution in [0.5, 0.6) is 11.6 Å². The summed E-state index contributed by atoms with van der Waals surface area (Å²) in [5.74, 6) is 0.220. The second kappa shape index (κ2) is 8.96. The van der Waals surface area contributed by atoms with Crippen LogP contribution in [-0.2, 0) is 7.05 Å². The molecule has 4 aromatic rings. The summed E-state index contributed by atoms with van der Waals surface area (Å²) in [5, 5.41) is 6.82. The van der Waals surface area contributed by atoms with Crippen molar-refractivity contribution in [1.29, 1.82) is 0 Å². The minimum Gasteiger partial charge on any atom is -0.446 e. The predicted molar refractivity (Wildman–Crippen MR) is 129 cm³/mol. The van der Waals surface area contributed by atoms with E-state index in [-0.39, 0.29) is 23.1 Å². The SMILES string of the molecule is [C-]#[N+]c1c(Nc2ccc(N3CCNCC3)cn2)ncnc1Oc1ccc2c(cc(C)n2C)c1F. The summed E-state index contributed by atoms with van der Waals surface area (Å²) in [7, 11) is 1.88. The highest BCUT2D eigenvalue weighted by atomic mass is 19.1. The number of pyridine rings is 1. The van der Waals surface area contributed by atoms with E-state index in [0.29, 0.717) is 11.2 Å². The lowest BCUT2D eigenvalue weighted by atomic mass is 10.2. The molecule has 1 aliphatic heterocycles. The molecule has 1 aromatic carbocycles. The number of nitrogens with one attached hydrogen (secondary N) is 2. The fourth-order valence-electron chi connectivity index (χ4n) is 3.99. The molecule has 0 atom stereocenters. The summed E-state index contributed by atoms with van der Waals surface area (Å²) in [6, 6.07) is 8.89. The molecule has 0 aliphatic carbocycles. The van der Waals surface area contributed by atoms with Gasteiger partial charge in [-0.15, -0.1) is 0 Å². The first-order chi connectivity index (χ1) is 16.5. The van der Waals surface area contributed by atoms with Crippen LogP contribution in [0.15, 0.2) is 42.9 Å². The van der Waals surface area contributed by atoms with Crippen molar-refractivity contribution in [3.8, 4) is 11.6 Å². The summed E-state index contributed by atoms with van der Waals surface area (Å²) < 4.78 is 22.8. The lowest BCUT2D eigenvalue weighted by molar-refractivity contribution is 0.432. The van der Waals surface area contributed by atoms with Crippen molar-refractivity contribution >= 4 is 33.9 Å². The van der Waals surface area contributed by atoms with Gasteiger partial charge in [0, 0.05) is 44.3 Å². The van der Waals surface area contributed by atoms with Gasteiger partial charge in [-0.2, -0.15) is 0 Å². The van der Waals surface area contributed by atoms with Crippen LogP contribution < -0.4 is 20.3 Å². The van der Waals surface area contributed by atoms with E-state index in [2.05, 4.69) is 35.3 Å². The number of hydrogen-bond acceptors (Lipinski definition) is 7. The molecule has 10 heteroatoms. The zero-order chi connectivity index (χ0) is 23.7. The average molecular weight is 459 g/mol. The number of aryl methyl sites for hydroxylation is 2. The molecule has 9 nitrogen and oxygen atoms in total. The second-order valence-electron chi connectivity index (χ2n) is 8.01. The smallest absolute Gasteiger partial charge is 0.288 e. The minimum atomic E-state index is -0.504. The molecule has 0 amide bonds. The van der Waals surface area contributed by atoms with Crippen molar-refractivity contribution in [3.63, 3.8) is 0 Å². The Bertz CT molecular complexity index is 1390. The van der Waals surface area contributed by atoms with Gasteiger partial charge in [0.05, 0.1) is 24.0 Å². The Labute approximate surface area is 196 Å². The van der Waals surface area contributed by atoms with Crippen LogP contribution in [-0.4, -0.2) is 45.7 Å². The molecular weight excluding hydrogens is 435 g/mol. The predicted octanol–water partition coefficient (Wildman–Crippen LogP) is 4.31. The molecule has 0 spiro atoms. The maximum Gasteiger partial charge on any atom is 0.288 e. The van der Waals surface area contributed by atoms with Crippen LogP contribution in [0.1, 0.15) is 5.69 Å². The van der Waals surface area contributed by atoms with Crippen molar-refractivity contribution in [2.45, 2.75) is 6.92 Å². The van der Waals surface area contributed by atoms with Gasteiger partial charge in [-0.05, 0) is 37.3 Å². The molecule has 1 saturated heterocycles. The van der Waals surface area contributed by atoms with E-state index in [1.54, 1.807) is 18.3 Å². The first kappa shape index (κ1) is 21.6. The first-order valence-electron chi connectivity index (χ1n) is 10.9. The fourth-order valence-corrected chi connectivity index (χ4v) is 3.99. The van der Waals surface area contributed by atoms with E-state index >= 15 is 4.39 Å². The zero-order valence-corrected chi connectivity index (χ0v) is 18.8. The molecule has 5 rings (SSSR count). The number of halogens is 1. The Morgan fingerprint density at radius 2 is 1.97 bits per heavy atom. The molecule has 4 heterocycles. The van der Waals surface area contributed by atoms with E-state index in [1.165, 1.54) is 12.4 Å². The lowest BCUT2D eigenvalue weighted by Gasteiger charge is -2.29. The van der Waals surface area contributed by atoms with Crippen molar-refractivity contribution in [1.82, 2.24) is 24.8 Å². The number of hydrogen-bond donors (Lipinski definition) is 2. The highest BCUT2D eigenvalue weighted by molar-refractivity contribution is 5.84. The number of rotatable bonds is 5. The third kappa shape index (κ3) is 3.97. The average Bonchev–Trinajstić information content (AvgIpc) is 3.16. The van der Waals surface area contributed by atoms with Crippen LogP contribution in [0, 0.1) is 19.3 Å². The van der Waals surface area contributed by atoms with Crippen LogP contribution in [0.4, 0.5) is 27.4 Å². The van der Waals surface area contributed by atoms with E-state index in [0.717, 1.165) is 43.1 Å². The lowest BCUT2D eigenvalue weighted by Crippen LogP contribution is -2.43. The number of nitrogens with zero attached hydrogens (tertiary/aromatic N) is 6. The van der Waals surface area contributed by atoms with E-state index < -0.39 is 5.82 Å². The molecule has 0 radical (unpaired) electrons. The molecule has 2 N–H and O–H groups in total. The Kier molecular flexibility index (Phi) is 5.69. The van der Waals surface area contributed by atoms with Crippen LogP contribution >= 0.6 is 0 Å². The standard InChI is InChI=1S/C24H23FN8O/c1-15-12-17-18(32(15)3)5-6-19(21(17)25)34-24-22(26-2)23(29-14-30-24)31-20-7-4-16(13-28-20)33-10-8-27-9-11-33/h4-7,12-14,27H,8-11H2,1,3H3,(H,28,29,30,31). The first-order valence-corrected chi connectivity index (χ1v) is 10.9. The van der Waals surface area contributed by atoms with Gasteiger partial charge in [0.1, 0.15) is 18.0 Å². The number of anilines is 3. The summed E-state index contributed by atoms with van der Waals surface area (Å²) in [4.78, 5) is 18.5. The quantitative estimate of drug-likeness (QED) is 0.431. The molecule has 172 valence electrons. The third-order valence-electron chi connectivity index (χ3n) is 5.95. The molecule has 0 bridgehead atoms. The zero-order valence-electron chi connectivity index (χ0n) is 18.8. The van der Waals surface area contributed by atoms with Crippen molar-refractivity contribution in [2.24, 2.45) is 7.05 Å². The van der Waals surface area contributed by atoms with Gasteiger partial charge in [-0.1, -0.05) is 0 Å². The molecule has 1 aliphatic rings. The normalized spacial score (nSPS) is 13.6. The number of benzene rings is 1. The monoisotopic (exact) mass is 458 g/mol. The maximum absolute atomic E-state index is 15.1. The van der Waals surface area contributed by atoms with Gasteiger partial charge >= 0.3 is 0 Å². The summed E-state index contributed by atoms with van der Waals surface area (Å²) in [6.45, 7) is 13.3. The van der Waals surface area contributed by atoms with Crippen LogP contribution in [0.3, 0.4) is 0 Å². The van der Waals surface area contributed by atoms with E-state index in [4.69, 9.17) is 11.3 Å². The summed E-state index contributed by atoms with van der Waals surface area (Å²) >= 11 is 0. The third-order valence-corrected chi connectivity index (χ3v) is 5.95. The maximum atomic E-state index is 15.1. The summed E-state index contributed by atoms with van der Waals surface area (Å²) in [6.07, 6.45) is 3.06. The highest BCUT2D eigenvalue weighted by Crippen LogP contribution is 2.38. The Morgan fingerprint density at radius 1 is 1.15 bits per heavy atom. The van der Waals surface area contributed by atoms with E-state index in [1.807, 2.05) is 30.7 Å². The van der Waals surface area contributed by atoms with Gasteiger partial charge in [0.25, 0.3) is 5.69 Å². The molecule has 1 fully saturated rings. The topological polar surface area (TPSA) is 84.5 Å². The van der Waals surface area contributed by atoms with Gasteiger partial charge in [-0.25, -0.2) is 24.2 Å². The molecule has 3 aromatic heterocycles. The number of fused-ring (bicyclic) bond motifs is 1. The van der Waals surface area contributed by atoms with E-state index in [9.17, 15) is 0 Å². The summed E-state index contributed by atoms with van der Waals surface area (Å²) in [5.41, 5.74) is 2.76. The Hall–Kier alpha value is -4.23. The number of aromatic nitrogens is 4. The van der Waals surface area contributed by atoms with Gasteiger partial charge in [-0.3, -0.25) is 0 Å². The van der Waals surface area contributed by atoms with Gasteiger partial charge < -0.3 is 24.8 Å². The molecule has 0 saturated carbocycles. The minimum absolute atomic E-state index is 0.00820. The fraction of sp³-hybridized carbons (Fsp3) is 0.250. The Morgan fingerprint density at radius 3 is 2.71 bits per heavy atom. The molecular formula is C24H23FN8O. The van der Waals surface area contributed by atoms with Crippen LogP contribution in [0.25, 0.3) is 15.7 Å². The number of piperazine rings is 1. The molecule has 0 unspecified atom stereocenters.